The van der Waals surface area contributed by atoms with Gasteiger partial charge in [0.2, 0.25) is 5.91 Å². The fourth-order valence-electron chi connectivity index (χ4n) is 5.50. The van der Waals surface area contributed by atoms with E-state index in [1.165, 1.54) is 16.3 Å². The summed E-state index contributed by atoms with van der Waals surface area (Å²) in [5, 5.41) is 9.08. The molecule has 2 aromatic carbocycles. The van der Waals surface area contributed by atoms with Crippen molar-refractivity contribution in [3.8, 4) is 0 Å². The summed E-state index contributed by atoms with van der Waals surface area (Å²) < 4.78 is 5.24. The number of likely N-dealkylation sites (N-methyl/N-ethyl adjacent to an activating group) is 1. The molecule has 0 radical (unpaired) electrons. The zero-order chi connectivity index (χ0) is 30.3. The minimum Gasteiger partial charge on any atom is -0.383 e. The highest BCUT2D eigenvalue weighted by Crippen LogP contribution is 2.34. The number of para-hydroxylation sites is 1. The van der Waals surface area contributed by atoms with Crippen molar-refractivity contribution in [2.75, 3.05) is 55.0 Å². The van der Waals surface area contributed by atoms with Gasteiger partial charge in [-0.05, 0) is 44.0 Å². The Morgan fingerprint density at radius 2 is 1.79 bits per heavy atom. The van der Waals surface area contributed by atoms with Gasteiger partial charge in [-0.1, -0.05) is 64.3 Å². The topological polar surface area (TPSA) is 94.6 Å². The van der Waals surface area contributed by atoms with Crippen molar-refractivity contribution >= 4 is 40.5 Å². The molecular formula is C33H45N5O4. The molecule has 2 aliphatic rings. The maximum atomic E-state index is 14.1. The van der Waals surface area contributed by atoms with Gasteiger partial charge >= 0.3 is 6.03 Å². The number of rotatable bonds is 11. The van der Waals surface area contributed by atoms with Gasteiger partial charge in [-0.25, -0.2) is 9.80 Å². The number of hydrogen-bond donors (Lipinski definition) is 1. The summed E-state index contributed by atoms with van der Waals surface area (Å²) in [4.78, 5) is 44.3. The molecule has 0 unspecified atom stereocenters. The number of methoxy groups -OCH3 is 1. The third kappa shape index (κ3) is 7.56. The Balaban J connectivity index is 1.63. The number of Topliss-reactive ketones (excluding diaryl/α,β-unsaturated/α-hetero) is 1. The molecule has 2 aromatic rings. The number of carbonyl (C=O) groups is 3. The lowest BCUT2D eigenvalue weighted by atomic mass is 9.83. The molecule has 0 bridgehead atoms. The number of amides is 3. The molecule has 1 fully saturated rings. The Labute approximate surface area is 249 Å². The molecule has 1 heterocycles. The van der Waals surface area contributed by atoms with Gasteiger partial charge in [0.05, 0.1) is 24.6 Å². The van der Waals surface area contributed by atoms with Crippen LogP contribution in [0.25, 0.3) is 0 Å². The lowest BCUT2D eigenvalue weighted by Crippen LogP contribution is -2.47. The molecule has 4 rings (SSSR count). The molecule has 0 spiro atoms. The lowest BCUT2D eigenvalue weighted by Gasteiger charge is -2.28. The summed E-state index contributed by atoms with van der Waals surface area (Å²) in [6.07, 6.45) is 5.34. The highest BCUT2D eigenvalue weighted by Gasteiger charge is 2.36. The van der Waals surface area contributed by atoms with Gasteiger partial charge in [-0.2, -0.15) is 5.10 Å². The molecule has 1 aliphatic carbocycles. The van der Waals surface area contributed by atoms with E-state index in [1.54, 1.807) is 7.11 Å². The van der Waals surface area contributed by atoms with Crippen LogP contribution in [0.15, 0.2) is 53.6 Å². The van der Waals surface area contributed by atoms with Crippen LogP contribution in [0.4, 0.5) is 21.9 Å². The van der Waals surface area contributed by atoms with Crippen LogP contribution >= 0.6 is 0 Å². The highest BCUT2D eigenvalue weighted by atomic mass is 16.5. The van der Waals surface area contributed by atoms with Crippen molar-refractivity contribution in [1.82, 2.24) is 5.01 Å². The largest absolute Gasteiger partial charge is 0.383 e. The average Bonchev–Trinajstić information content (AvgIpc) is 3.08. The monoisotopic (exact) mass is 575 g/mol. The number of ether oxygens (including phenoxy) is 1. The molecular weight excluding hydrogens is 530 g/mol. The van der Waals surface area contributed by atoms with Crippen LogP contribution in [0, 0.1) is 11.3 Å². The van der Waals surface area contributed by atoms with Crippen LogP contribution in [0.5, 0.6) is 0 Å². The first-order valence-corrected chi connectivity index (χ1v) is 15.1. The molecule has 9 nitrogen and oxygen atoms in total. The van der Waals surface area contributed by atoms with Crippen molar-refractivity contribution in [3.63, 3.8) is 0 Å². The number of carbonyl (C=O) groups excluding carboxylic acids is 3. The van der Waals surface area contributed by atoms with Gasteiger partial charge < -0.3 is 15.0 Å². The van der Waals surface area contributed by atoms with Crippen molar-refractivity contribution in [1.29, 1.82) is 0 Å². The van der Waals surface area contributed by atoms with Gasteiger partial charge in [-0.3, -0.25) is 14.5 Å². The minimum absolute atomic E-state index is 0.0677. The van der Waals surface area contributed by atoms with Crippen LogP contribution in [0.1, 0.15) is 65.4 Å². The van der Waals surface area contributed by atoms with E-state index in [1.807, 2.05) is 69.3 Å². The van der Waals surface area contributed by atoms with Crippen molar-refractivity contribution in [2.45, 2.75) is 59.8 Å². The molecule has 1 saturated carbocycles. The van der Waals surface area contributed by atoms with E-state index < -0.39 is 11.4 Å². The Morgan fingerprint density at radius 1 is 1.05 bits per heavy atom. The summed E-state index contributed by atoms with van der Waals surface area (Å²) in [5.74, 6) is -0.248. The maximum absolute atomic E-state index is 14.1. The smallest absolute Gasteiger partial charge is 0.345 e. The molecule has 1 aliphatic heterocycles. The van der Waals surface area contributed by atoms with E-state index in [0.29, 0.717) is 18.0 Å². The third-order valence-corrected chi connectivity index (χ3v) is 8.02. The SMILES string of the molecule is CCN(CCOC)c1cccc(NC(=O)CN2N=C(C3CCCCC3)c3ccccc3N(CC(=O)C(C)(C)C)C2=O)c1. The van der Waals surface area contributed by atoms with Crippen molar-refractivity contribution in [3.05, 3.63) is 54.1 Å². The molecule has 3 amide bonds. The van der Waals surface area contributed by atoms with Crippen LogP contribution in [-0.2, 0) is 14.3 Å². The third-order valence-electron chi connectivity index (χ3n) is 8.02. The van der Waals surface area contributed by atoms with Crippen molar-refractivity contribution < 1.29 is 19.1 Å². The first-order chi connectivity index (χ1) is 20.1. The first kappa shape index (κ1) is 31.2. The van der Waals surface area contributed by atoms with E-state index in [0.717, 1.165) is 55.7 Å². The molecule has 9 heteroatoms. The number of nitrogens with zero attached hydrogens (tertiary/aromatic N) is 4. The summed E-state index contributed by atoms with van der Waals surface area (Å²) in [5.41, 5.74) is 3.31. The predicted molar refractivity (Wildman–Crippen MR) is 168 cm³/mol. The van der Waals surface area contributed by atoms with Crippen molar-refractivity contribution in [2.24, 2.45) is 16.4 Å². The maximum Gasteiger partial charge on any atom is 0.345 e. The molecule has 0 aromatic heterocycles. The summed E-state index contributed by atoms with van der Waals surface area (Å²) >= 11 is 0. The lowest BCUT2D eigenvalue weighted by molar-refractivity contribution is -0.124. The number of ketones is 1. The standard InChI is InChI=1S/C33H45N5O4/c1-6-36(19-20-42-5)26-16-12-15-25(21-26)34-30(40)23-38-32(41)37(22-29(39)33(2,3)4)28-18-11-10-17-27(28)31(35-38)24-13-8-7-9-14-24/h10-12,15-18,21,24H,6-9,13-14,19-20,22-23H2,1-5H3,(H,34,40). The normalized spacial score (nSPS) is 16.0. The summed E-state index contributed by atoms with van der Waals surface area (Å²) in [6.45, 7) is 9.38. The van der Waals surface area contributed by atoms with Crippen LogP contribution in [0.2, 0.25) is 0 Å². The van der Waals surface area contributed by atoms with Crippen LogP contribution in [-0.4, -0.2) is 68.3 Å². The van der Waals surface area contributed by atoms with Gasteiger partial charge in [-0.15, -0.1) is 0 Å². The number of hydrogen-bond acceptors (Lipinski definition) is 6. The second-order valence-corrected chi connectivity index (χ2v) is 12.1. The van der Waals surface area contributed by atoms with E-state index >= 15 is 0 Å². The first-order valence-electron chi connectivity index (χ1n) is 15.1. The second kappa shape index (κ2) is 14.0. The average molecular weight is 576 g/mol. The molecule has 0 atom stereocenters. The quantitative estimate of drug-likeness (QED) is 0.358. The Morgan fingerprint density at radius 3 is 2.48 bits per heavy atom. The molecule has 226 valence electrons. The van der Waals surface area contributed by atoms with Gasteiger partial charge in [0.15, 0.2) is 5.78 Å². The number of nitrogens with one attached hydrogen (secondary N) is 1. The number of hydrazone groups is 1. The highest BCUT2D eigenvalue weighted by molar-refractivity contribution is 6.13. The number of fused-ring (bicyclic) bond motifs is 1. The van der Waals surface area contributed by atoms with Gasteiger partial charge in [0, 0.05) is 48.5 Å². The molecule has 42 heavy (non-hydrogen) atoms. The van der Waals surface area contributed by atoms with E-state index in [-0.39, 0.29) is 30.7 Å². The second-order valence-electron chi connectivity index (χ2n) is 12.1. The molecule has 1 N–H and O–H groups in total. The Hall–Kier alpha value is -3.72. The van der Waals surface area contributed by atoms with E-state index in [9.17, 15) is 14.4 Å². The summed E-state index contributed by atoms with van der Waals surface area (Å²) in [6, 6.07) is 14.8. The fourth-order valence-corrected chi connectivity index (χ4v) is 5.50. The Bertz CT molecular complexity index is 1300. The zero-order valence-electron chi connectivity index (χ0n) is 25.7. The minimum atomic E-state index is -0.628. The summed E-state index contributed by atoms with van der Waals surface area (Å²) in [7, 11) is 1.68. The Kier molecular flexibility index (Phi) is 10.4. The van der Waals surface area contributed by atoms with E-state index in [2.05, 4.69) is 17.1 Å². The number of urea groups is 1. The number of anilines is 3. The predicted octanol–water partition coefficient (Wildman–Crippen LogP) is 5.94. The molecule has 0 saturated heterocycles. The van der Waals surface area contributed by atoms with Crippen LogP contribution < -0.4 is 15.1 Å². The van der Waals surface area contributed by atoms with E-state index in [4.69, 9.17) is 9.84 Å². The number of benzene rings is 2. The van der Waals surface area contributed by atoms with Gasteiger partial charge in [0.1, 0.15) is 6.54 Å². The van der Waals surface area contributed by atoms with Crippen LogP contribution in [0.3, 0.4) is 0 Å². The van der Waals surface area contributed by atoms with Gasteiger partial charge in [0.25, 0.3) is 0 Å². The fraction of sp³-hybridized carbons (Fsp3) is 0.515. The zero-order valence-corrected chi connectivity index (χ0v) is 25.7.